The van der Waals surface area contributed by atoms with E-state index < -0.39 is 11.9 Å². The van der Waals surface area contributed by atoms with E-state index in [0.29, 0.717) is 16.9 Å². The molecule has 29 heavy (non-hydrogen) atoms. The Labute approximate surface area is 168 Å². The van der Waals surface area contributed by atoms with Crippen LogP contribution in [-0.2, 0) is 4.79 Å². The number of rotatable bonds is 5. The summed E-state index contributed by atoms with van der Waals surface area (Å²) in [7, 11) is 0. The molecule has 3 aromatic rings. The normalized spacial score (nSPS) is 11.0. The summed E-state index contributed by atoms with van der Waals surface area (Å²) >= 11 is 0. The Hall–Kier alpha value is -4.11. The van der Waals surface area contributed by atoms with Crippen LogP contribution in [0.5, 0.6) is 0 Å². The van der Waals surface area contributed by atoms with Crippen LogP contribution in [-0.4, -0.2) is 21.6 Å². The number of carbonyl (C=O) groups is 2. The van der Waals surface area contributed by atoms with Gasteiger partial charge in [-0.2, -0.15) is 5.26 Å². The van der Waals surface area contributed by atoms with Crippen LogP contribution >= 0.6 is 0 Å². The lowest BCUT2D eigenvalue weighted by molar-refractivity contribution is -0.112. The Kier molecular flexibility index (Phi) is 5.61. The Morgan fingerprint density at radius 2 is 1.79 bits per heavy atom. The summed E-state index contributed by atoms with van der Waals surface area (Å²) in [4.78, 5) is 23.7. The molecular formula is C23H19N3O3. The number of anilines is 1. The highest BCUT2D eigenvalue weighted by molar-refractivity contribution is 6.09. The van der Waals surface area contributed by atoms with Gasteiger partial charge in [0.2, 0.25) is 0 Å². The number of benzene rings is 2. The third-order valence-electron chi connectivity index (χ3n) is 4.52. The van der Waals surface area contributed by atoms with E-state index in [1.807, 2.05) is 42.7 Å². The number of hydrogen-bond acceptors (Lipinski definition) is 3. The van der Waals surface area contributed by atoms with E-state index in [1.165, 1.54) is 12.1 Å². The van der Waals surface area contributed by atoms with Crippen molar-refractivity contribution in [3.63, 3.8) is 0 Å². The number of nitrogens with one attached hydrogen (secondary N) is 1. The molecule has 0 atom stereocenters. The molecular weight excluding hydrogens is 366 g/mol. The summed E-state index contributed by atoms with van der Waals surface area (Å²) in [5, 5.41) is 21.4. The van der Waals surface area contributed by atoms with E-state index in [4.69, 9.17) is 0 Å². The number of carbonyl (C=O) groups excluding carboxylic acids is 1. The SMILES string of the molecule is Cc1cc(C=C(C#N)C(=O)Nc2ccccc2)c(C)n1-c1cccc(C(=O)O)c1. The molecule has 2 aromatic carbocycles. The number of carboxylic acids is 1. The van der Waals surface area contributed by atoms with Gasteiger partial charge in [0.1, 0.15) is 11.6 Å². The van der Waals surface area contributed by atoms with Crippen LogP contribution in [0, 0.1) is 25.2 Å². The summed E-state index contributed by atoms with van der Waals surface area (Å²) in [5.41, 5.74) is 3.84. The standard InChI is InChI=1S/C23H19N3O3/c1-15-11-18(12-19(14-24)22(27)25-20-8-4-3-5-9-20)16(2)26(15)21-10-6-7-17(13-21)23(28)29/h3-13H,1-2H3,(H,25,27)(H,28,29). The fraction of sp³-hybridized carbons (Fsp3) is 0.0870. The van der Waals surface area contributed by atoms with Gasteiger partial charge in [-0.25, -0.2) is 4.79 Å². The molecule has 1 amide bonds. The van der Waals surface area contributed by atoms with E-state index >= 15 is 0 Å². The summed E-state index contributed by atoms with van der Waals surface area (Å²) in [6.45, 7) is 3.74. The first-order valence-corrected chi connectivity index (χ1v) is 8.91. The molecule has 0 aliphatic rings. The van der Waals surface area contributed by atoms with Crippen LogP contribution < -0.4 is 5.32 Å². The number of amides is 1. The number of aromatic nitrogens is 1. The number of carboxylic acid groups (broad SMARTS) is 1. The van der Waals surface area contributed by atoms with Crippen molar-refractivity contribution >= 4 is 23.6 Å². The Morgan fingerprint density at radius 3 is 2.45 bits per heavy atom. The van der Waals surface area contributed by atoms with E-state index in [2.05, 4.69) is 5.32 Å². The summed E-state index contributed by atoms with van der Waals surface area (Å²) in [5.74, 6) is -1.49. The lowest BCUT2D eigenvalue weighted by atomic mass is 10.1. The first-order valence-electron chi connectivity index (χ1n) is 8.91. The molecule has 144 valence electrons. The molecule has 0 fully saturated rings. The highest BCUT2D eigenvalue weighted by atomic mass is 16.4. The molecule has 0 aliphatic heterocycles. The molecule has 0 saturated carbocycles. The molecule has 6 nitrogen and oxygen atoms in total. The van der Waals surface area contributed by atoms with Gasteiger partial charge in [-0.15, -0.1) is 0 Å². The van der Waals surface area contributed by atoms with Crippen molar-refractivity contribution in [2.75, 3.05) is 5.32 Å². The molecule has 1 aromatic heterocycles. The van der Waals surface area contributed by atoms with Gasteiger partial charge in [0.25, 0.3) is 5.91 Å². The summed E-state index contributed by atoms with van der Waals surface area (Å²) in [6, 6.07) is 19.3. The maximum absolute atomic E-state index is 12.5. The van der Waals surface area contributed by atoms with Crippen molar-refractivity contribution in [2.24, 2.45) is 0 Å². The van der Waals surface area contributed by atoms with E-state index in [9.17, 15) is 20.0 Å². The van der Waals surface area contributed by atoms with Gasteiger partial charge in [-0.3, -0.25) is 4.79 Å². The van der Waals surface area contributed by atoms with Crippen LogP contribution in [0.1, 0.15) is 27.3 Å². The maximum atomic E-state index is 12.5. The average molecular weight is 385 g/mol. The molecule has 0 aliphatic carbocycles. The van der Waals surface area contributed by atoms with Gasteiger partial charge in [0.15, 0.2) is 0 Å². The van der Waals surface area contributed by atoms with Crippen LogP contribution in [0.4, 0.5) is 5.69 Å². The smallest absolute Gasteiger partial charge is 0.335 e. The maximum Gasteiger partial charge on any atom is 0.335 e. The van der Waals surface area contributed by atoms with Gasteiger partial charge in [-0.05, 0) is 61.9 Å². The van der Waals surface area contributed by atoms with Gasteiger partial charge in [0, 0.05) is 22.8 Å². The lowest BCUT2D eigenvalue weighted by Crippen LogP contribution is -2.13. The predicted octanol–water partition coefficient (Wildman–Crippen LogP) is 4.34. The third-order valence-corrected chi connectivity index (χ3v) is 4.52. The second-order valence-corrected chi connectivity index (χ2v) is 6.51. The second kappa shape index (κ2) is 8.28. The Bertz CT molecular complexity index is 1150. The van der Waals surface area contributed by atoms with Crippen molar-refractivity contribution < 1.29 is 14.7 Å². The van der Waals surface area contributed by atoms with Crippen molar-refractivity contribution in [2.45, 2.75) is 13.8 Å². The number of aryl methyl sites for hydroxylation is 1. The van der Waals surface area contributed by atoms with E-state index in [1.54, 1.807) is 36.4 Å². The van der Waals surface area contributed by atoms with Gasteiger partial charge >= 0.3 is 5.97 Å². The minimum atomic E-state index is -1.00. The number of nitrogens with zero attached hydrogens (tertiary/aromatic N) is 2. The fourth-order valence-electron chi connectivity index (χ4n) is 3.13. The highest BCUT2D eigenvalue weighted by Gasteiger charge is 2.15. The lowest BCUT2D eigenvalue weighted by Gasteiger charge is -2.10. The number of para-hydroxylation sites is 1. The molecule has 0 unspecified atom stereocenters. The zero-order valence-electron chi connectivity index (χ0n) is 16.0. The van der Waals surface area contributed by atoms with E-state index in [0.717, 1.165) is 11.4 Å². The van der Waals surface area contributed by atoms with Crippen LogP contribution in [0.15, 0.2) is 66.2 Å². The topological polar surface area (TPSA) is 95.1 Å². The van der Waals surface area contributed by atoms with Crippen molar-refractivity contribution in [3.05, 3.63) is 88.8 Å². The van der Waals surface area contributed by atoms with Gasteiger partial charge < -0.3 is 15.0 Å². The molecule has 2 N–H and O–H groups in total. The molecule has 0 radical (unpaired) electrons. The molecule has 1 heterocycles. The quantitative estimate of drug-likeness (QED) is 0.504. The zero-order valence-corrected chi connectivity index (χ0v) is 16.0. The van der Waals surface area contributed by atoms with Crippen molar-refractivity contribution in [1.29, 1.82) is 5.26 Å². The first kappa shape index (κ1) is 19.6. The fourth-order valence-corrected chi connectivity index (χ4v) is 3.13. The molecule has 0 saturated heterocycles. The first-order chi connectivity index (χ1) is 13.9. The summed E-state index contributed by atoms with van der Waals surface area (Å²) in [6.07, 6.45) is 1.54. The predicted molar refractivity (Wildman–Crippen MR) is 111 cm³/mol. The average Bonchev–Trinajstić information content (AvgIpc) is 2.99. The highest BCUT2D eigenvalue weighted by Crippen LogP contribution is 2.24. The molecule has 0 spiro atoms. The molecule has 0 bridgehead atoms. The number of nitriles is 1. The Morgan fingerprint density at radius 1 is 1.07 bits per heavy atom. The number of aromatic carboxylic acids is 1. The van der Waals surface area contributed by atoms with Crippen molar-refractivity contribution in [3.8, 4) is 11.8 Å². The monoisotopic (exact) mass is 385 g/mol. The van der Waals surface area contributed by atoms with Crippen LogP contribution in [0.2, 0.25) is 0 Å². The summed E-state index contributed by atoms with van der Waals surface area (Å²) < 4.78 is 1.89. The van der Waals surface area contributed by atoms with Crippen molar-refractivity contribution in [1.82, 2.24) is 4.57 Å². The van der Waals surface area contributed by atoms with Gasteiger partial charge in [-0.1, -0.05) is 24.3 Å². The third kappa shape index (κ3) is 4.25. The van der Waals surface area contributed by atoms with Crippen LogP contribution in [0.3, 0.4) is 0 Å². The molecule has 6 heteroatoms. The van der Waals surface area contributed by atoms with E-state index in [-0.39, 0.29) is 11.1 Å². The van der Waals surface area contributed by atoms with Gasteiger partial charge in [0.05, 0.1) is 5.56 Å². The second-order valence-electron chi connectivity index (χ2n) is 6.51. The zero-order chi connectivity index (χ0) is 21.0. The minimum absolute atomic E-state index is 0.0200. The van der Waals surface area contributed by atoms with Crippen LogP contribution in [0.25, 0.3) is 11.8 Å². The Balaban J connectivity index is 1.96. The largest absolute Gasteiger partial charge is 0.478 e. The number of hydrogen-bond donors (Lipinski definition) is 2. The molecule has 3 rings (SSSR count). The minimum Gasteiger partial charge on any atom is -0.478 e.